The van der Waals surface area contributed by atoms with Crippen molar-refractivity contribution in [2.75, 3.05) is 0 Å². The van der Waals surface area contributed by atoms with Gasteiger partial charge < -0.3 is 0 Å². The zero-order chi connectivity index (χ0) is 13.1. The van der Waals surface area contributed by atoms with Crippen molar-refractivity contribution >= 4 is 23.2 Å². The Kier molecular flexibility index (Phi) is 3.86. The highest BCUT2D eigenvalue weighted by atomic mass is 35.5. The fourth-order valence-electron chi connectivity index (χ4n) is 1.73. The minimum atomic E-state index is 0.307. The van der Waals surface area contributed by atoms with Crippen molar-refractivity contribution < 1.29 is 0 Å². The Labute approximate surface area is 116 Å². The van der Waals surface area contributed by atoms with Crippen LogP contribution in [0.15, 0.2) is 30.3 Å². The highest BCUT2D eigenvalue weighted by Gasteiger charge is 2.11. The predicted molar refractivity (Wildman–Crippen MR) is 73.7 cm³/mol. The van der Waals surface area contributed by atoms with Crippen LogP contribution >= 0.6 is 23.2 Å². The standard InChI is InChI=1S/C14H10Cl2N2/c1-9-2-3-10(6-7-17)14(18-9)12-5-4-11(15)8-13(12)16/h2-5,8H,6H2,1H3. The Morgan fingerprint density at radius 3 is 2.67 bits per heavy atom. The van der Waals surface area contributed by atoms with Crippen molar-refractivity contribution in [1.82, 2.24) is 4.98 Å². The van der Waals surface area contributed by atoms with Gasteiger partial charge in [0, 0.05) is 16.3 Å². The van der Waals surface area contributed by atoms with Crippen LogP contribution in [0.4, 0.5) is 0 Å². The van der Waals surface area contributed by atoms with Crippen LogP contribution in [0.2, 0.25) is 10.0 Å². The van der Waals surface area contributed by atoms with E-state index in [4.69, 9.17) is 28.5 Å². The molecule has 2 nitrogen and oxygen atoms in total. The molecule has 0 radical (unpaired) electrons. The third kappa shape index (κ3) is 2.64. The normalized spacial score (nSPS) is 10.1. The molecule has 0 aliphatic heterocycles. The lowest BCUT2D eigenvalue weighted by atomic mass is 10.0. The topological polar surface area (TPSA) is 36.7 Å². The van der Waals surface area contributed by atoms with Gasteiger partial charge >= 0.3 is 0 Å². The fraction of sp³-hybridized carbons (Fsp3) is 0.143. The molecule has 4 heteroatoms. The maximum absolute atomic E-state index is 8.84. The molecule has 0 amide bonds. The summed E-state index contributed by atoms with van der Waals surface area (Å²) in [5.41, 5.74) is 3.30. The third-order valence-corrected chi connectivity index (χ3v) is 3.12. The Hall–Kier alpha value is -1.56. The quantitative estimate of drug-likeness (QED) is 0.814. The zero-order valence-corrected chi connectivity index (χ0v) is 11.3. The van der Waals surface area contributed by atoms with E-state index in [-0.39, 0.29) is 0 Å². The van der Waals surface area contributed by atoms with E-state index in [1.807, 2.05) is 25.1 Å². The van der Waals surface area contributed by atoms with Crippen LogP contribution in [0.3, 0.4) is 0 Å². The molecule has 0 bridgehead atoms. The number of rotatable bonds is 2. The summed E-state index contributed by atoms with van der Waals surface area (Å²) < 4.78 is 0. The number of pyridine rings is 1. The number of hydrogen-bond acceptors (Lipinski definition) is 2. The van der Waals surface area contributed by atoms with Crippen molar-refractivity contribution in [3.8, 4) is 17.3 Å². The average molecular weight is 277 g/mol. The minimum absolute atomic E-state index is 0.307. The number of nitrogens with zero attached hydrogens (tertiary/aromatic N) is 2. The second-order valence-electron chi connectivity index (χ2n) is 3.92. The van der Waals surface area contributed by atoms with Crippen LogP contribution in [0.25, 0.3) is 11.3 Å². The number of aromatic nitrogens is 1. The van der Waals surface area contributed by atoms with Gasteiger partial charge in [-0.2, -0.15) is 5.26 Å². The average Bonchev–Trinajstić information content (AvgIpc) is 2.32. The number of halogens is 2. The summed E-state index contributed by atoms with van der Waals surface area (Å²) in [6.07, 6.45) is 0.307. The monoisotopic (exact) mass is 276 g/mol. The minimum Gasteiger partial charge on any atom is -0.253 e. The maximum Gasteiger partial charge on any atom is 0.0762 e. The first-order valence-electron chi connectivity index (χ1n) is 5.40. The molecule has 90 valence electrons. The lowest BCUT2D eigenvalue weighted by molar-refractivity contribution is 1.14. The molecule has 0 saturated carbocycles. The van der Waals surface area contributed by atoms with Gasteiger partial charge in [0.25, 0.3) is 0 Å². The molecule has 0 aliphatic carbocycles. The second-order valence-corrected chi connectivity index (χ2v) is 4.76. The number of hydrogen-bond donors (Lipinski definition) is 0. The van der Waals surface area contributed by atoms with Crippen molar-refractivity contribution in [2.45, 2.75) is 13.3 Å². The number of nitriles is 1. The molecule has 0 atom stereocenters. The Morgan fingerprint density at radius 1 is 1.22 bits per heavy atom. The molecule has 1 heterocycles. The largest absolute Gasteiger partial charge is 0.253 e. The molecule has 2 aromatic rings. The van der Waals surface area contributed by atoms with E-state index in [0.717, 1.165) is 22.5 Å². The van der Waals surface area contributed by atoms with E-state index in [2.05, 4.69) is 11.1 Å². The molecule has 0 fully saturated rings. The van der Waals surface area contributed by atoms with Gasteiger partial charge in [0.1, 0.15) is 0 Å². The molecular formula is C14H10Cl2N2. The molecule has 0 spiro atoms. The van der Waals surface area contributed by atoms with Crippen molar-refractivity contribution in [3.63, 3.8) is 0 Å². The van der Waals surface area contributed by atoms with Crippen molar-refractivity contribution in [3.05, 3.63) is 51.6 Å². The van der Waals surface area contributed by atoms with Crippen molar-refractivity contribution in [1.29, 1.82) is 5.26 Å². The smallest absolute Gasteiger partial charge is 0.0762 e. The van der Waals surface area contributed by atoms with Gasteiger partial charge in [0.2, 0.25) is 0 Å². The van der Waals surface area contributed by atoms with Crippen molar-refractivity contribution in [2.24, 2.45) is 0 Å². The fourth-order valence-corrected chi connectivity index (χ4v) is 2.23. The molecule has 0 N–H and O–H groups in total. The maximum atomic E-state index is 8.84. The van der Waals surface area contributed by atoms with Gasteiger partial charge in [0.05, 0.1) is 23.2 Å². The van der Waals surface area contributed by atoms with Gasteiger partial charge in [-0.1, -0.05) is 29.3 Å². The summed E-state index contributed by atoms with van der Waals surface area (Å²) in [7, 11) is 0. The summed E-state index contributed by atoms with van der Waals surface area (Å²) >= 11 is 12.1. The van der Waals surface area contributed by atoms with Gasteiger partial charge in [-0.15, -0.1) is 0 Å². The molecule has 0 aliphatic rings. The van der Waals surface area contributed by atoms with Crippen LogP contribution in [0, 0.1) is 18.3 Å². The van der Waals surface area contributed by atoms with Crippen LogP contribution in [-0.2, 0) is 6.42 Å². The van der Waals surface area contributed by atoms with Gasteiger partial charge in [-0.05, 0) is 36.8 Å². The third-order valence-electron chi connectivity index (χ3n) is 2.57. The first-order chi connectivity index (χ1) is 8.61. The summed E-state index contributed by atoms with van der Waals surface area (Å²) in [5, 5.41) is 9.97. The van der Waals surface area contributed by atoms with E-state index in [9.17, 15) is 0 Å². The van der Waals surface area contributed by atoms with E-state index in [0.29, 0.717) is 16.5 Å². The highest BCUT2D eigenvalue weighted by Crippen LogP contribution is 2.31. The second kappa shape index (κ2) is 5.39. The molecule has 18 heavy (non-hydrogen) atoms. The molecule has 1 aromatic carbocycles. The highest BCUT2D eigenvalue weighted by molar-refractivity contribution is 6.36. The zero-order valence-electron chi connectivity index (χ0n) is 9.74. The SMILES string of the molecule is Cc1ccc(CC#N)c(-c2ccc(Cl)cc2Cl)n1. The lowest BCUT2D eigenvalue weighted by Gasteiger charge is -2.09. The first-order valence-corrected chi connectivity index (χ1v) is 6.16. The van der Waals surface area contributed by atoms with E-state index < -0.39 is 0 Å². The molecule has 2 rings (SSSR count). The number of benzene rings is 1. The Balaban J connectivity index is 2.62. The van der Waals surface area contributed by atoms with E-state index in [1.54, 1.807) is 12.1 Å². The summed E-state index contributed by atoms with van der Waals surface area (Å²) in [4.78, 5) is 4.47. The summed E-state index contributed by atoms with van der Waals surface area (Å²) in [6.45, 7) is 1.91. The van der Waals surface area contributed by atoms with Crippen LogP contribution in [0.1, 0.15) is 11.3 Å². The molecule has 0 unspecified atom stereocenters. The van der Waals surface area contributed by atoms with Crippen LogP contribution in [0.5, 0.6) is 0 Å². The predicted octanol–water partition coefficient (Wildman–Crippen LogP) is 4.43. The van der Waals surface area contributed by atoms with E-state index in [1.165, 1.54) is 0 Å². The van der Waals surface area contributed by atoms with Gasteiger partial charge in [-0.3, -0.25) is 4.98 Å². The van der Waals surface area contributed by atoms with E-state index >= 15 is 0 Å². The first kappa shape index (κ1) is 12.9. The Bertz CT molecular complexity index is 630. The summed E-state index contributed by atoms with van der Waals surface area (Å²) in [5.74, 6) is 0. The summed E-state index contributed by atoms with van der Waals surface area (Å²) in [6, 6.07) is 11.2. The van der Waals surface area contributed by atoms with Gasteiger partial charge in [-0.25, -0.2) is 0 Å². The molecule has 0 saturated heterocycles. The molecular weight excluding hydrogens is 267 g/mol. The lowest BCUT2D eigenvalue weighted by Crippen LogP contribution is -1.95. The molecule has 1 aromatic heterocycles. The van der Waals surface area contributed by atoms with Crippen LogP contribution < -0.4 is 0 Å². The number of aryl methyl sites for hydroxylation is 1. The van der Waals surface area contributed by atoms with Crippen LogP contribution in [-0.4, -0.2) is 4.98 Å². The van der Waals surface area contributed by atoms with Gasteiger partial charge in [0.15, 0.2) is 0 Å². The Morgan fingerprint density at radius 2 is 2.00 bits per heavy atom.